The number of esters is 4. The minimum absolute atomic E-state index is 0.0975. The summed E-state index contributed by atoms with van der Waals surface area (Å²) in [6.07, 6.45) is 1.83. The van der Waals surface area contributed by atoms with Gasteiger partial charge >= 0.3 is 23.9 Å². The quantitative estimate of drug-likeness (QED) is 0.422. The van der Waals surface area contributed by atoms with Crippen LogP contribution < -0.4 is 18.9 Å². The summed E-state index contributed by atoms with van der Waals surface area (Å²) in [4.78, 5) is 47.9. The molecule has 2 aromatic carbocycles. The zero-order valence-electron chi connectivity index (χ0n) is 16.2. The number of hydrogen-bond acceptors (Lipinski definition) is 8. The van der Waals surface area contributed by atoms with E-state index < -0.39 is 29.3 Å². The monoisotopic (exact) mass is 420 g/mol. The largest absolute Gasteiger partial charge is 0.426 e. The molecule has 2 heterocycles. The van der Waals surface area contributed by atoms with Crippen molar-refractivity contribution in [2.45, 2.75) is 18.3 Å². The van der Waals surface area contributed by atoms with Gasteiger partial charge in [0.25, 0.3) is 0 Å². The van der Waals surface area contributed by atoms with Crippen LogP contribution in [0.1, 0.15) is 24.0 Å². The van der Waals surface area contributed by atoms with Crippen LogP contribution in [0.25, 0.3) is 0 Å². The summed E-state index contributed by atoms with van der Waals surface area (Å²) in [7, 11) is 0. The first-order chi connectivity index (χ1) is 14.8. The number of hydrogen-bond donors (Lipinski definition) is 0. The Bertz CT molecular complexity index is 1070. The minimum atomic E-state index is -1.04. The highest BCUT2D eigenvalue weighted by Crippen LogP contribution is 2.52. The third-order valence-corrected chi connectivity index (χ3v) is 5.05. The van der Waals surface area contributed by atoms with E-state index in [0.717, 1.165) is 12.2 Å². The molecule has 0 unspecified atom stereocenters. The minimum Gasteiger partial charge on any atom is -0.426 e. The molecular formula is C23H16O8. The Kier molecular flexibility index (Phi) is 4.90. The van der Waals surface area contributed by atoms with E-state index in [0.29, 0.717) is 11.1 Å². The fraction of sp³-hybridized carbons (Fsp3) is 0.130. The van der Waals surface area contributed by atoms with Gasteiger partial charge in [-0.05, 0) is 12.1 Å². The molecule has 0 bridgehead atoms. The van der Waals surface area contributed by atoms with Gasteiger partial charge in [-0.25, -0.2) is 9.59 Å². The van der Waals surface area contributed by atoms with E-state index in [4.69, 9.17) is 18.9 Å². The number of carbonyl (C=O) groups is 4. The number of carbonyl (C=O) groups excluding carboxylic acids is 4. The summed E-state index contributed by atoms with van der Waals surface area (Å²) in [5.41, 5.74) is 0.0931. The van der Waals surface area contributed by atoms with Crippen molar-refractivity contribution in [3.63, 3.8) is 0 Å². The predicted molar refractivity (Wildman–Crippen MR) is 106 cm³/mol. The maximum absolute atomic E-state index is 12.5. The lowest BCUT2D eigenvalue weighted by Crippen LogP contribution is -2.42. The SMILES string of the molecule is C=CC(=O)Oc1ccc2c(c1)OC(=O)CC21CC(=O)Oc2cc(OC(=O)C=C)ccc21. The molecule has 0 N–H and O–H groups in total. The summed E-state index contributed by atoms with van der Waals surface area (Å²) in [5, 5.41) is 0. The van der Waals surface area contributed by atoms with E-state index in [-0.39, 0.29) is 35.8 Å². The summed E-state index contributed by atoms with van der Waals surface area (Å²) < 4.78 is 20.9. The van der Waals surface area contributed by atoms with Crippen LogP contribution in [0.5, 0.6) is 23.0 Å². The van der Waals surface area contributed by atoms with Crippen molar-refractivity contribution < 1.29 is 38.1 Å². The van der Waals surface area contributed by atoms with Crippen molar-refractivity contribution in [1.82, 2.24) is 0 Å². The molecule has 4 rings (SSSR count). The van der Waals surface area contributed by atoms with Gasteiger partial charge in [0.15, 0.2) is 0 Å². The zero-order valence-corrected chi connectivity index (χ0v) is 16.2. The van der Waals surface area contributed by atoms with E-state index in [1.54, 1.807) is 24.3 Å². The second kappa shape index (κ2) is 7.56. The van der Waals surface area contributed by atoms with E-state index in [2.05, 4.69) is 13.2 Å². The first-order valence-corrected chi connectivity index (χ1v) is 9.23. The molecule has 0 amide bonds. The van der Waals surface area contributed by atoms with Crippen LogP contribution in [0.2, 0.25) is 0 Å². The summed E-state index contributed by atoms with van der Waals surface area (Å²) >= 11 is 0. The Balaban J connectivity index is 1.82. The maximum atomic E-state index is 12.5. The normalized spacial score (nSPS) is 15.6. The van der Waals surface area contributed by atoms with Gasteiger partial charge < -0.3 is 18.9 Å². The van der Waals surface area contributed by atoms with Crippen LogP contribution in [0.4, 0.5) is 0 Å². The van der Waals surface area contributed by atoms with Gasteiger partial charge in [-0.15, -0.1) is 0 Å². The number of rotatable bonds is 4. The van der Waals surface area contributed by atoms with Crippen LogP contribution >= 0.6 is 0 Å². The maximum Gasteiger partial charge on any atom is 0.335 e. The van der Waals surface area contributed by atoms with Gasteiger partial charge in [0.05, 0.1) is 12.8 Å². The standard InChI is InChI=1S/C23H16O8/c1-3-19(24)28-13-5-7-15-17(9-13)30-21(26)11-23(15)12-22(27)31-18-10-14(6-8-16(18)23)29-20(25)4-2/h3-10H,1-2,11-12H2. The lowest BCUT2D eigenvalue weighted by molar-refractivity contribution is -0.140. The van der Waals surface area contributed by atoms with Crippen molar-refractivity contribution in [1.29, 1.82) is 0 Å². The Hall–Kier alpha value is -4.20. The van der Waals surface area contributed by atoms with Gasteiger partial charge in [-0.2, -0.15) is 0 Å². The van der Waals surface area contributed by atoms with Crippen LogP contribution in [0.15, 0.2) is 61.7 Å². The molecule has 0 atom stereocenters. The van der Waals surface area contributed by atoms with Crippen LogP contribution in [0, 0.1) is 0 Å². The molecular weight excluding hydrogens is 404 g/mol. The highest BCUT2D eigenvalue weighted by atomic mass is 16.6. The Morgan fingerprint density at radius 1 is 0.806 bits per heavy atom. The first kappa shape index (κ1) is 20.1. The molecule has 2 aliphatic heterocycles. The number of benzene rings is 2. The predicted octanol–water partition coefficient (Wildman–Crippen LogP) is 2.77. The Labute approximate surface area is 176 Å². The van der Waals surface area contributed by atoms with E-state index >= 15 is 0 Å². The molecule has 0 saturated carbocycles. The van der Waals surface area contributed by atoms with E-state index in [9.17, 15) is 19.2 Å². The average molecular weight is 420 g/mol. The smallest absolute Gasteiger partial charge is 0.335 e. The highest BCUT2D eigenvalue weighted by molar-refractivity contribution is 5.88. The van der Waals surface area contributed by atoms with Crippen molar-refractivity contribution in [3.05, 3.63) is 72.8 Å². The van der Waals surface area contributed by atoms with Gasteiger partial charge in [0.2, 0.25) is 0 Å². The zero-order chi connectivity index (χ0) is 22.2. The van der Waals surface area contributed by atoms with Crippen LogP contribution in [0.3, 0.4) is 0 Å². The Morgan fingerprint density at radius 2 is 1.23 bits per heavy atom. The van der Waals surface area contributed by atoms with Crippen molar-refractivity contribution in [2.75, 3.05) is 0 Å². The lowest BCUT2D eigenvalue weighted by atomic mass is 9.67. The van der Waals surface area contributed by atoms with Crippen molar-refractivity contribution >= 4 is 23.9 Å². The summed E-state index contributed by atoms with van der Waals surface area (Å²) in [6.45, 7) is 6.68. The third kappa shape index (κ3) is 3.59. The molecule has 1 spiro atoms. The molecule has 8 heteroatoms. The molecule has 8 nitrogen and oxygen atoms in total. The van der Waals surface area contributed by atoms with Gasteiger partial charge in [0, 0.05) is 40.8 Å². The highest BCUT2D eigenvalue weighted by Gasteiger charge is 2.49. The van der Waals surface area contributed by atoms with E-state index in [1.165, 1.54) is 12.1 Å². The topological polar surface area (TPSA) is 105 Å². The molecule has 0 aromatic heterocycles. The van der Waals surface area contributed by atoms with Gasteiger partial charge in [0.1, 0.15) is 23.0 Å². The van der Waals surface area contributed by atoms with Gasteiger partial charge in [-0.1, -0.05) is 25.3 Å². The molecule has 0 radical (unpaired) electrons. The molecule has 0 aliphatic carbocycles. The fourth-order valence-corrected chi connectivity index (χ4v) is 3.81. The summed E-state index contributed by atoms with van der Waals surface area (Å²) in [5.74, 6) is -1.75. The van der Waals surface area contributed by atoms with E-state index in [1.807, 2.05) is 0 Å². The summed E-state index contributed by atoms with van der Waals surface area (Å²) in [6, 6.07) is 9.19. The first-order valence-electron chi connectivity index (χ1n) is 9.23. The third-order valence-electron chi connectivity index (χ3n) is 5.05. The second-order valence-corrected chi connectivity index (χ2v) is 6.95. The number of ether oxygens (including phenoxy) is 4. The number of fused-ring (bicyclic) bond motifs is 4. The fourth-order valence-electron chi connectivity index (χ4n) is 3.81. The molecule has 2 aromatic rings. The Morgan fingerprint density at radius 3 is 1.61 bits per heavy atom. The van der Waals surface area contributed by atoms with Crippen LogP contribution in [-0.4, -0.2) is 23.9 Å². The molecule has 0 saturated heterocycles. The second-order valence-electron chi connectivity index (χ2n) is 6.95. The molecule has 156 valence electrons. The molecule has 0 fully saturated rings. The lowest BCUT2D eigenvalue weighted by Gasteiger charge is -2.40. The van der Waals surface area contributed by atoms with Crippen molar-refractivity contribution in [3.8, 4) is 23.0 Å². The van der Waals surface area contributed by atoms with Crippen LogP contribution in [-0.2, 0) is 24.6 Å². The average Bonchev–Trinajstić information content (AvgIpc) is 2.72. The van der Waals surface area contributed by atoms with Crippen molar-refractivity contribution in [2.24, 2.45) is 0 Å². The molecule has 2 aliphatic rings. The van der Waals surface area contributed by atoms with Gasteiger partial charge in [-0.3, -0.25) is 9.59 Å². The molecule has 31 heavy (non-hydrogen) atoms.